The van der Waals surface area contributed by atoms with Crippen LogP contribution in [-0.2, 0) is 5.60 Å². The van der Waals surface area contributed by atoms with Gasteiger partial charge in [0.1, 0.15) is 11.4 Å². The largest absolute Gasteiger partial charge is 0.482 e. The van der Waals surface area contributed by atoms with Gasteiger partial charge in [0.15, 0.2) is 0 Å². The van der Waals surface area contributed by atoms with E-state index in [0.29, 0.717) is 0 Å². The van der Waals surface area contributed by atoms with Crippen LogP contribution in [0.25, 0.3) is 0 Å². The van der Waals surface area contributed by atoms with Gasteiger partial charge in [-0.15, -0.1) is 0 Å². The van der Waals surface area contributed by atoms with E-state index in [-0.39, 0.29) is 5.60 Å². The second-order valence-electron chi connectivity index (χ2n) is 6.43. The molecule has 1 unspecified atom stereocenters. The summed E-state index contributed by atoms with van der Waals surface area (Å²) >= 11 is 8.04. The molecule has 0 amide bonds. The normalized spacial score (nSPS) is 18.4. The molecule has 1 aliphatic heterocycles. The molecule has 136 valence electrons. The van der Waals surface area contributed by atoms with Crippen LogP contribution in [0.5, 0.6) is 5.75 Å². The highest BCUT2D eigenvalue weighted by atomic mass is 35.5. The van der Waals surface area contributed by atoms with Gasteiger partial charge in [-0.1, -0.05) is 49.3 Å². The standard InChI is InChI=1S/C19H22ClNOS.C2H6/c1-19(11-6-12-21(2)3)15-13-14(20)9-10-17(15)23-18-8-5-4-7-16(18)22-19;1-2/h4-5,7-10,13H,6,11-12H2,1-3H3;1-2H3. The van der Waals surface area contributed by atoms with Gasteiger partial charge in [0.2, 0.25) is 0 Å². The smallest absolute Gasteiger partial charge is 0.134 e. The molecule has 0 radical (unpaired) electrons. The Bertz CT molecular complexity index is 704. The Kier molecular flexibility index (Phi) is 7.24. The SMILES string of the molecule is CC.CN(C)CCCC1(C)Oc2ccccc2Sc2ccc(Cl)cc21. The average molecular weight is 378 g/mol. The van der Waals surface area contributed by atoms with Crippen molar-refractivity contribution in [1.82, 2.24) is 4.90 Å². The van der Waals surface area contributed by atoms with E-state index in [1.54, 1.807) is 11.8 Å². The number of rotatable bonds is 4. The lowest BCUT2D eigenvalue weighted by Gasteiger charge is -2.31. The Hall–Kier alpha value is -1.16. The Morgan fingerprint density at radius 3 is 2.52 bits per heavy atom. The number of fused-ring (bicyclic) bond motifs is 2. The molecule has 2 nitrogen and oxygen atoms in total. The number of hydrogen-bond donors (Lipinski definition) is 0. The van der Waals surface area contributed by atoms with Gasteiger partial charge in [0.05, 0.1) is 4.90 Å². The van der Waals surface area contributed by atoms with Gasteiger partial charge < -0.3 is 9.64 Å². The molecule has 2 aromatic carbocycles. The van der Waals surface area contributed by atoms with Crippen molar-refractivity contribution in [2.24, 2.45) is 0 Å². The molecule has 1 aliphatic rings. The fourth-order valence-corrected chi connectivity index (χ4v) is 4.24. The summed E-state index contributed by atoms with van der Waals surface area (Å²) in [6.45, 7) is 7.23. The molecule has 0 fully saturated rings. The first-order chi connectivity index (χ1) is 12.0. The van der Waals surface area contributed by atoms with Crippen LogP contribution in [0.1, 0.15) is 39.2 Å². The fourth-order valence-electron chi connectivity index (χ4n) is 2.96. The zero-order valence-corrected chi connectivity index (χ0v) is 17.4. The van der Waals surface area contributed by atoms with Gasteiger partial charge in [-0.2, -0.15) is 0 Å². The molecule has 0 N–H and O–H groups in total. The van der Waals surface area contributed by atoms with Crippen LogP contribution in [0.4, 0.5) is 0 Å². The van der Waals surface area contributed by atoms with E-state index in [4.69, 9.17) is 16.3 Å². The van der Waals surface area contributed by atoms with Crippen LogP contribution in [0.3, 0.4) is 0 Å². The Balaban J connectivity index is 0.00000109. The van der Waals surface area contributed by atoms with Crippen molar-refractivity contribution in [2.75, 3.05) is 20.6 Å². The van der Waals surface area contributed by atoms with E-state index in [0.717, 1.165) is 35.1 Å². The second kappa shape index (κ2) is 8.98. The number of hydrogen-bond acceptors (Lipinski definition) is 3. The summed E-state index contributed by atoms with van der Waals surface area (Å²) in [4.78, 5) is 4.60. The summed E-state index contributed by atoms with van der Waals surface area (Å²) in [6, 6.07) is 14.4. The third-order valence-electron chi connectivity index (χ3n) is 4.17. The number of ether oxygens (including phenoxy) is 1. The van der Waals surface area contributed by atoms with Crippen molar-refractivity contribution in [3.05, 3.63) is 53.1 Å². The summed E-state index contributed by atoms with van der Waals surface area (Å²) in [5, 5.41) is 0.762. The minimum Gasteiger partial charge on any atom is -0.482 e. The summed E-state index contributed by atoms with van der Waals surface area (Å²) in [5.74, 6) is 0.956. The van der Waals surface area contributed by atoms with E-state index in [9.17, 15) is 0 Å². The predicted molar refractivity (Wildman–Crippen MR) is 109 cm³/mol. The highest BCUT2D eigenvalue weighted by Gasteiger charge is 2.34. The summed E-state index contributed by atoms with van der Waals surface area (Å²) in [7, 11) is 4.21. The number of benzene rings is 2. The van der Waals surface area contributed by atoms with E-state index in [1.807, 2.05) is 26.0 Å². The van der Waals surface area contributed by atoms with Gasteiger partial charge >= 0.3 is 0 Å². The van der Waals surface area contributed by atoms with Crippen molar-refractivity contribution >= 4 is 23.4 Å². The van der Waals surface area contributed by atoms with Gasteiger partial charge in [0, 0.05) is 15.5 Å². The average Bonchev–Trinajstić information content (AvgIpc) is 2.71. The zero-order valence-electron chi connectivity index (χ0n) is 15.8. The molecule has 0 spiro atoms. The van der Waals surface area contributed by atoms with Gasteiger partial charge in [0.25, 0.3) is 0 Å². The first kappa shape index (κ1) is 20.2. The van der Waals surface area contributed by atoms with Crippen molar-refractivity contribution in [2.45, 2.75) is 49.0 Å². The minimum atomic E-state index is -0.365. The quantitative estimate of drug-likeness (QED) is 0.606. The highest BCUT2D eigenvalue weighted by Crippen LogP contribution is 2.48. The third-order valence-corrected chi connectivity index (χ3v) is 5.54. The number of nitrogens with zero attached hydrogens (tertiary/aromatic N) is 1. The van der Waals surface area contributed by atoms with E-state index < -0.39 is 0 Å². The van der Waals surface area contributed by atoms with Crippen LogP contribution in [0.2, 0.25) is 5.02 Å². The van der Waals surface area contributed by atoms with Crippen LogP contribution in [-0.4, -0.2) is 25.5 Å². The molecule has 1 atom stereocenters. The Morgan fingerprint density at radius 1 is 1.08 bits per heavy atom. The van der Waals surface area contributed by atoms with Crippen LogP contribution in [0, 0.1) is 0 Å². The van der Waals surface area contributed by atoms with Gasteiger partial charge in [-0.3, -0.25) is 0 Å². The lowest BCUT2D eigenvalue weighted by Crippen LogP contribution is -2.31. The fraction of sp³-hybridized carbons (Fsp3) is 0.429. The summed E-state index contributed by atoms with van der Waals surface area (Å²) in [6.07, 6.45) is 2.02. The summed E-state index contributed by atoms with van der Waals surface area (Å²) < 4.78 is 6.51. The molecular formula is C21H28ClNOS. The van der Waals surface area contributed by atoms with Crippen LogP contribution >= 0.6 is 23.4 Å². The number of para-hydroxylation sites is 1. The molecule has 3 rings (SSSR count). The van der Waals surface area contributed by atoms with Gasteiger partial charge in [-0.25, -0.2) is 0 Å². The lowest BCUT2D eigenvalue weighted by atomic mass is 9.90. The molecule has 0 aromatic heterocycles. The first-order valence-electron chi connectivity index (χ1n) is 8.89. The maximum absolute atomic E-state index is 6.51. The Morgan fingerprint density at radius 2 is 1.80 bits per heavy atom. The molecular weight excluding hydrogens is 350 g/mol. The van der Waals surface area contributed by atoms with Crippen LogP contribution in [0.15, 0.2) is 52.3 Å². The van der Waals surface area contributed by atoms with Crippen molar-refractivity contribution < 1.29 is 4.74 Å². The van der Waals surface area contributed by atoms with Crippen molar-refractivity contribution in [1.29, 1.82) is 0 Å². The summed E-state index contributed by atoms with van der Waals surface area (Å²) in [5.41, 5.74) is 0.820. The topological polar surface area (TPSA) is 12.5 Å². The predicted octanol–water partition coefficient (Wildman–Crippen LogP) is 6.47. The zero-order chi connectivity index (χ0) is 18.4. The maximum atomic E-state index is 6.51. The van der Waals surface area contributed by atoms with E-state index in [1.165, 1.54) is 10.5 Å². The molecule has 0 bridgehead atoms. The minimum absolute atomic E-state index is 0.365. The second-order valence-corrected chi connectivity index (χ2v) is 7.95. The molecule has 4 heteroatoms. The number of halogens is 1. The highest BCUT2D eigenvalue weighted by molar-refractivity contribution is 7.99. The maximum Gasteiger partial charge on any atom is 0.134 e. The molecule has 0 aliphatic carbocycles. The molecule has 0 saturated carbocycles. The molecule has 2 aromatic rings. The van der Waals surface area contributed by atoms with Gasteiger partial charge in [-0.05, 0) is 70.7 Å². The van der Waals surface area contributed by atoms with E-state index >= 15 is 0 Å². The monoisotopic (exact) mass is 377 g/mol. The van der Waals surface area contributed by atoms with Crippen molar-refractivity contribution in [3.8, 4) is 5.75 Å². The molecule has 25 heavy (non-hydrogen) atoms. The van der Waals surface area contributed by atoms with Crippen molar-refractivity contribution in [3.63, 3.8) is 0 Å². The Labute approximate surface area is 161 Å². The van der Waals surface area contributed by atoms with Crippen LogP contribution < -0.4 is 4.74 Å². The molecule has 1 heterocycles. The molecule has 0 saturated heterocycles. The third kappa shape index (κ3) is 4.93. The first-order valence-corrected chi connectivity index (χ1v) is 10.1. The van der Waals surface area contributed by atoms with E-state index in [2.05, 4.69) is 56.3 Å². The lowest BCUT2D eigenvalue weighted by molar-refractivity contribution is 0.0676.